The van der Waals surface area contributed by atoms with Crippen LogP contribution in [0.2, 0.25) is 0 Å². The van der Waals surface area contributed by atoms with Crippen LogP contribution in [-0.4, -0.2) is 25.6 Å². The predicted octanol–water partition coefficient (Wildman–Crippen LogP) is 3.56. The minimum absolute atomic E-state index is 0.0182. The first kappa shape index (κ1) is 18.1. The first-order valence-corrected chi connectivity index (χ1v) is 9.01. The normalized spacial score (nSPS) is 21.3. The van der Waals surface area contributed by atoms with Crippen molar-refractivity contribution in [1.29, 1.82) is 0 Å². The molecule has 1 heterocycles. The van der Waals surface area contributed by atoms with Gasteiger partial charge in [-0.3, -0.25) is 4.79 Å². The SMILES string of the molecule is [B]c1onc(C2CCC(C(=O)OCCCCCCC)CC2)c1C. The molecular weight excluding hydrogens is 289 g/mol. The fourth-order valence-corrected chi connectivity index (χ4v) is 3.34. The molecule has 0 spiro atoms. The van der Waals surface area contributed by atoms with E-state index in [1.807, 2.05) is 6.92 Å². The van der Waals surface area contributed by atoms with E-state index in [1.165, 1.54) is 19.3 Å². The van der Waals surface area contributed by atoms with Gasteiger partial charge in [0.2, 0.25) is 0 Å². The predicted molar refractivity (Wildman–Crippen MR) is 91.0 cm³/mol. The summed E-state index contributed by atoms with van der Waals surface area (Å²) >= 11 is 0. The van der Waals surface area contributed by atoms with E-state index >= 15 is 0 Å². The Bertz CT molecular complexity index is 492. The molecule has 0 N–H and O–H groups in total. The molecule has 0 saturated heterocycles. The Hall–Kier alpha value is -1.26. The Morgan fingerprint density at radius 3 is 2.52 bits per heavy atom. The van der Waals surface area contributed by atoms with Crippen LogP contribution in [0.1, 0.15) is 81.9 Å². The molecule has 5 heteroatoms. The smallest absolute Gasteiger partial charge is 0.308 e. The highest BCUT2D eigenvalue weighted by atomic mass is 16.5. The number of carbonyl (C=O) groups is 1. The van der Waals surface area contributed by atoms with Gasteiger partial charge in [-0.05, 0) is 39.0 Å². The quantitative estimate of drug-likeness (QED) is 0.418. The number of aromatic nitrogens is 1. The maximum atomic E-state index is 12.1. The van der Waals surface area contributed by atoms with Crippen molar-refractivity contribution in [1.82, 2.24) is 5.16 Å². The summed E-state index contributed by atoms with van der Waals surface area (Å²) in [5, 5.41) is 4.08. The summed E-state index contributed by atoms with van der Waals surface area (Å²) in [7, 11) is 5.72. The third-order valence-electron chi connectivity index (χ3n) is 4.94. The van der Waals surface area contributed by atoms with Gasteiger partial charge in [0.1, 0.15) is 0 Å². The third kappa shape index (κ3) is 5.12. The minimum Gasteiger partial charge on any atom is -0.465 e. The molecule has 0 atom stereocenters. The summed E-state index contributed by atoms with van der Waals surface area (Å²) in [6.45, 7) is 4.71. The second-order valence-corrected chi connectivity index (χ2v) is 6.69. The van der Waals surface area contributed by atoms with Crippen molar-refractivity contribution in [3.8, 4) is 0 Å². The van der Waals surface area contributed by atoms with Crippen LogP contribution in [0.5, 0.6) is 0 Å². The molecule has 23 heavy (non-hydrogen) atoms. The summed E-state index contributed by atoms with van der Waals surface area (Å²) in [5.41, 5.74) is 2.32. The Labute approximate surface area is 140 Å². The van der Waals surface area contributed by atoms with Crippen molar-refractivity contribution in [3.05, 3.63) is 11.3 Å². The van der Waals surface area contributed by atoms with Gasteiger partial charge in [0.25, 0.3) is 0 Å². The summed E-state index contributed by atoms with van der Waals surface area (Å²) in [4.78, 5) is 12.1. The first-order chi connectivity index (χ1) is 11.1. The number of hydrogen-bond acceptors (Lipinski definition) is 4. The van der Waals surface area contributed by atoms with Crippen LogP contribution in [0.3, 0.4) is 0 Å². The largest absolute Gasteiger partial charge is 0.465 e. The zero-order valence-corrected chi connectivity index (χ0v) is 14.5. The van der Waals surface area contributed by atoms with Gasteiger partial charge in [0, 0.05) is 11.5 Å². The van der Waals surface area contributed by atoms with E-state index in [9.17, 15) is 4.79 Å². The first-order valence-electron chi connectivity index (χ1n) is 9.01. The number of esters is 1. The van der Waals surface area contributed by atoms with E-state index in [4.69, 9.17) is 17.1 Å². The average Bonchev–Trinajstić information content (AvgIpc) is 2.90. The number of unbranched alkanes of at least 4 members (excludes halogenated alkanes) is 4. The molecule has 0 aromatic carbocycles. The van der Waals surface area contributed by atoms with Crippen molar-refractivity contribution >= 4 is 19.5 Å². The fourth-order valence-electron chi connectivity index (χ4n) is 3.34. The van der Waals surface area contributed by atoms with Crippen LogP contribution in [0, 0.1) is 12.8 Å². The van der Waals surface area contributed by atoms with Gasteiger partial charge in [0.15, 0.2) is 7.85 Å². The van der Waals surface area contributed by atoms with Crippen molar-refractivity contribution < 1.29 is 14.1 Å². The Morgan fingerprint density at radius 1 is 1.22 bits per heavy atom. The molecule has 0 unspecified atom stereocenters. The van der Waals surface area contributed by atoms with Gasteiger partial charge in [-0.15, -0.1) is 0 Å². The summed E-state index contributed by atoms with van der Waals surface area (Å²) in [6, 6.07) is 0. The summed E-state index contributed by atoms with van der Waals surface area (Å²) in [6.07, 6.45) is 9.51. The standard InChI is InChI=1S/C18H28BNO3/c1-3-4-5-6-7-12-22-18(21)15-10-8-14(9-11-15)16-13(2)17(19)23-20-16/h14-15H,3-12H2,1-2H3. The second kappa shape index (κ2) is 9.14. The third-order valence-corrected chi connectivity index (χ3v) is 4.94. The molecule has 1 saturated carbocycles. The number of ether oxygens (including phenoxy) is 1. The lowest BCUT2D eigenvalue weighted by Gasteiger charge is -2.26. The van der Waals surface area contributed by atoms with E-state index in [2.05, 4.69) is 12.1 Å². The molecule has 2 radical (unpaired) electrons. The molecule has 1 aliphatic carbocycles. The molecular formula is C18H28BNO3. The van der Waals surface area contributed by atoms with Crippen molar-refractivity contribution in [2.75, 3.05) is 6.61 Å². The molecule has 1 aliphatic rings. The molecule has 0 amide bonds. The molecule has 0 bridgehead atoms. The van der Waals surface area contributed by atoms with Crippen LogP contribution in [0.25, 0.3) is 0 Å². The zero-order chi connectivity index (χ0) is 16.7. The minimum atomic E-state index is -0.0182. The van der Waals surface area contributed by atoms with Crippen LogP contribution >= 0.6 is 0 Å². The molecule has 4 nitrogen and oxygen atoms in total. The summed E-state index contributed by atoms with van der Waals surface area (Å²) < 4.78 is 10.5. The number of nitrogens with zero attached hydrogens (tertiary/aromatic N) is 1. The fraction of sp³-hybridized carbons (Fsp3) is 0.778. The Morgan fingerprint density at radius 2 is 1.91 bits per heavy atom. The van der Waals surface area contributed by atoms with Gasteiger partial charge < -0.3 is 9.26 Å². The van der Waals surface area contributed by atoms with Crippen molar-refractivity contribution in [3.63, 3.8) is 0 Å². The Kier molecular flexibility index (Phi) is 7.19. The topological polar surface area (TPSA) is 52.3 Å². The van der Waals surface area contributed by atoms with Crippen LogP contribution < -0.4 is 5.66 Å². The van der Waals surface area contributed by atoms with Crippen LogP contribution in [0.15, 0.2) is 4.52 Å². The van der Waals surface area contributed by atoms with Gasteiger partial charge in [-0.1, -0.05) is 37.8 Å². The second-order valence-electron chi connectivity index (χ2n) is 6.69. The van der Waals surface area contributed by atoms with Crippen molar-refractivity contribution in [2.45, 2.75) is 77.6 Å². The average molecular weight is 317 g/mol. The van der Waals surface area contributed by atoms with Crippen LogP contribution in [0.4, 0.5) is 0 Å². The number of hydrogen-bond donors (Lipinski definition) is 0. The lowest BCUT2D eigenvalue weighted by atomic mass is 9.79. The highest BCUT2D eigenvalue weighted by Gasteiger charge is 2.30. The molecule has 126 valence electrons. The van der Waals surface area contributed by atoms with Crippen molar-refractivity contribution in [2.24, 2.45) is 5.92 Å². The molecule has 1 aromatic heterocycles. The van der Waals surface area contributed by atoms with Gasteiger partial charge in [-0.25, -0.2) is 0 Å². The zero-order valence-electron chi connectivity index (χ0n) is 14.5. The highest BCUT2D eigenvalue weighted by molar-refractivity contribution is 6.30. The van der Waals surface area contributed by atoms with E-state index < -0.39 is 0 Å². The van der Waals surface area contributed by atoms with Gasteiger partial charge in [0.05, 0.1) is 23.9 Å². The maximum absolute atomic E-state index is 12.1. The molecule has 1 aromatic rings. The maximum Gasteiger partial charge on any atom is 0.308 e. The highest BCUT2D eigenvalue weighted by Crippen LogP contribution is 2.36. The monoisotopic (exact) mass is 317 g/mol. The molecule has 0 aliphatic heterocycles. The van der Waals surface area contributed by atoms with Gasteiger partial charge in [-0.2, -0.15) is 0 Å². The number of carbonyl (C=O) groups excluding carboxylic acids is 1. The lowest BCUT2D eigenvalue weighted by molar-refractivity contribution is -0.149. The van der Waals surface area contributed by atoms with E-state index in [0.29, 0.717) is 18.2 Å². The van der Waals surface area contributed by atoms with E-state index in [1.54, 1.807) is 0 Å². The van der Waals surface area contributed by atoms with E-state index in [0.717, 1.165) is 49.8 Å². The van der Waals surface area contributed by atoms with Gasteiger partial charge >= 0.3 is 5.97 Å². The number of rotatable bonds is 8. The molecule has 2 rings (SSSR count). The van der Waals surface area contributed by atoms with Crippen LogP contribution in [-0.2, 0) is 9.53 Å². The summed E-state index contributed by atoms with van der Waals surface area (Å²) in [5.74, 6) is 0.385. The lowest BCUT2D eigenvalue weighted by Crippen LogP contribution is -2.24. The Balaban J connectivity index is 1.67. The molecule has 1 fully saturated rings. The van der Waals surface area contributed by atoms with E-state index in [-0.39, 0.29) is 11.9 Å².